The zero-order chi connectivity index (χ0) is 18.7. The van der Waals surface area contributed by atoms with Gasteiger partial charge in [0.05, 0.1) is 5.56 Å². The van der Waals surface area contributed by atoms with Crippen LogP contribution in [0.1, 0.15) is 17.7 Å². The Hall–Kier alpha value is -2.54. The van der Waals surface area contributed by atoms with E-state index in [1.807, 2.05) is 0 Å². The molecule has 0 saturated carbocycles. The molecule has 26 heavy (non-hydrogen) atoms. The Morgan fingerprint density at radius 3 is 2.35 bits per heavy atom. The molecule has 1 aromatic heterocycles. The lowest BCUT2D eigenvalue weighted by atomic mass is 10.1. The van der Waals surface area contributed by atoms with Gasteiger partial charge >= 0.3 is 0 Å². The standard InChI is InChI=1S/C19H16F3N3S/c1-3-11-25-18(13-7-4-5-8-14(13)20)23-24-19(25)26-12(2)17-15(21)9-6-10-16(17)22/h3-10,12H,1,11H2,2H3. The molecule has 1 heterocycles. The summed E-state index contributed by atoms with van der Waals surface area (Å²) >= 11 is 1.15. The van der Waals surface area contributed by atoms with Crippen molar-refractivity contribution in [3.05, 3.63) is 78.1 Å². The van der Waals surface area contributed by atoms with Gasteiger partial charge in [-0.25, -0.2) is 13.2 Å². The number of halogens is 3. The maximum absolute atomic E-state index is 14.1. The Morgan fingerprint density at radius 2 is 1.69 bits per heavy atom. The van der Waals surface area contributed by atoms with E-state index in [1.165, 1.54) is 24.3 Å². The molecule has 3 rings (SSSR count). The number of hydrogen-bond acceptors (Lipinski definition) is 3. The van der Waals surface area contributed by atoms with E-state index in [0.717, 1.165) is 11.8 Å². The second kappa shape index (κ2) is 7.78. The van der Waals surface area contributed by atoms with Gasteiger partial charge < -0.3 is 0 Å². The summed E-state index contributed by atoms with van der Waals surface area (Å²) in [6.45, 7) is 5.72. The van der Waals surface area contributed by atoms with Gasteiger partial charge in [0.2, 0.25) is 0 Å². The van der Waals surface area contributed by atoms with Crippen molar-refractivity contribution in [3.63, 3.8) is 0 Å². The Morgan fingerprint density at radius 1 is 1.04 bits per heavy atom. The topological polar surface area (TPSA) is 30.7 Å². The highest BCUT2D eigenvalue weighted by atomic mass is 32.2. The van der Waals surface area contributed by atoms with Crippen molar-refractivity contribution in [2.75, 3.05) is 0 Å². The van der Waals surface area contributed by atoms with E-state index in [-0.39, 0.29) is 5.56 Å². The van der Waals surface area contributed by atoms with E-state index in [0.29, 0.717) is 23.1 Å². The molecule has 3 nitrogen and oxygen atoms in total. The monoisotopic (exact) mass is 375 g/mol. The number of benzene rings is 2. The van der Waals surface area contributed by atoms with Gasteiger partial charge in [0.15, 0.2) is 11.0 Å². The van der Waals surface area contributed by atoms with Gasteiger partial charge in [0.25, 0.3) is 0 Å². The summed E-state index contributed by atoms with van der Waals surface area (Å²) in [6.07, 6.45) is 1.63. The molecule has 0 fully saturated rings. The summed E-state index contributed by atoms with van der Waals surface area (Å²) in [4.78, 5) is 0. The molecular weight excluding hydrogens is 359 g/mol. The summed E-state index contributed by atoms with van der Waals surface area (Å²) in [5.41, 5.74) is 0.275. The number of aromatic nitrogens is 3. The third-order valence-corrected chi connectivity index (χ3v) is 4.93. The molecule has 0 aliphatic rings. The quantitative estimate of drug-likeness (QED) is 0.427. The molecule has 1 atom stereocenters. The zero-order valence-corrected chi connectivity index (χ0v) is 14.8. The second-order valence-corrected chi connectivity index (χ2v) is 6.89. The number of nitrogens with zero attached hydrogens (tertiary/aromatic N) is 3. The second-order valence-electron chi connectivity index (χ2n) is 5.58. The van der Waals surface area contributed by atoms with Gasteiger partial charge in [-0.2, -0.15) is 0 Å². The number of rotatable bonds is 6. The van der Waals surface area contributed by atoms with Crippen LogP contribution in [0.15, 0.2) is 60.3 Å². The van der Waals surface area contributed by atoms with Crippen molar-refractivity contribution in [2.24, 2.45) is 0 Å². The maximum Gasteiger partial charge on any atom is 0.192 e. The average molecular weight is 375 g/mol. The molecule has 134 valence electrons. The van der Waals surface area contributed by atoms with Gasteiger partial charge in [-0.15, -0.1) is 16.8 Å². The maximum atomic E-state index is 14.1. The lowest BCUT2D eigenvalue weighted by Gasteiger charge is -2.14. The summed E-state index contributed by atoms with van der Waals surface area (Å²) in [7, 11) is 0. The summed E-state index contributed by atoms with van der Waals surface area (Å²) in [6, 6.07) is 9.99. The van der Waals surface area contributed by atoms with Crippen molar-refractivity contribution in [1.29, 1.82) is 0 Å². The normalized spacial score (nSPS) is 12.2. The predicted octanol–water partition coefficient (Wildman–Crippen LogP) is 5.40. The number of allylic oxidation sites excluding steroid dienone is 1. The molecule has 2 aromatic carbocycles. The van der Waals surface area contributed by atoms with Crippen LogP contribution in [0.25, 0.3) is 11.4 Å². The first-order valence-electron chi connectivity index (χ1n) is 7.92. The lowest BCUT2D eigenvalue weighted by molar-refractivity contribution is 0.557. The van der Waals surface area contributed by atoms with Crippen molar-refractivity contribution >= 4 is 11.8 Å². The molecule has 0 radical (unpaired) electrons. The van der Waals surface area contributed by atoms with Gasteiger partial charge in [0, 0.05) is 17.4 Å². The Kier molecular flexibility index (Phi) is 5.46. The molecule has 3 aromatic rings. The van der Waals surface area contributed by atoms with E-state index in [2.05, 4.69) is 16.8 Å². The van der Waals surface area contributed by atoms with Crippen LogP contribution >= 0.6 is 11.8 Å². The van der Waals surface area contributed by atoms with E-state index in [9.17, 15) is 13.2 Å². The Labute approximate surface area is 153 Å². The van der Waals surface area contributed by atoms with Crippen molar-refractivity contribution in [1.82, 2.24) is 14.8 Å². The molecule has 1 unspecified atom stereocenters. The number of thioether (sulfide) groups is 1. The summed E-state index contributed by atoms with van der Waals surface area (Å²) in [5, 5.41) is 8.05. The molecular formula is C19H16F3N3S. The van der Waals surface area contributed by atoms with Crippen LogP contribution in [0.4, 0.5) is 13.2 Å². The van der Waals surface area contributed by atoms with Crippen LogP contribution in [0, 0.1) is 17.5 Å². The average Bonchev–Trinajstić information content (AvgIpc) is 2.98. The van der Waals surface area contributed by atoms with Crippen molar-refractivity contribution < 1.29 is 13.2 Å². The zero-order valence-electron chi connectivity index (χ0n) is 14.0. The Balaban J connectivity index is 1.98. The highest BCUT2D eigenvalue weighted by Crippen LogP contribution is 2.37. The fourth-order valence-electron chi connectivity index (χ4n) is 2.63. The third-order valence-electron chi connectivity index (χ3n) is 3.83. The fraction of sp³-hybridized carbons (Fsp3) is 0.158. The van der Waals surface area contributed by atoms with E-state index in [4.69, 9.17) is 0 Å². The van der Waals surface area contributed by atoms with Crippen LogP contribution in [-0.4, -0.2) is 14.8 Å². The van der Waals surface area contributed by atoms with E-state index >= 15 is 0 Å². The first kappa shape index (κ1) is 18.3. The van der Waals surface area contributed by atoms with E-state index in [1.54, 1.807) is 35.8 Å². The van der Waals surface area contributed by atoms with E-state index < -0.39 is 22.7 Å². The molecule has 0 N–H and O–H groups in total. The van der Waals surface area contributed by atoms with Crippen molar-refractivity contribution in [3.8, 4) is 11.4 Å². The first-order valence-corrected chi connectivity index (χ1v) is 8.80. The molecule has 0 amide bonds. The largest absolute Gasteiger partial charge is 0.298 e. The first-order chi connectivity index (χ1) is 12.5. The predicted molar refractivity (Wildman–Crippen MR) is 96.2 cm³/mol. The van der Waals surface area contributed by atoms with Crippen LogP contribution in [-0.2, 0) is 6.54 Å². The summed E-state index contributed by atoms with van der Waals surface area (Å²) in [5.74, 6) is -1.31. The fourth-order valence-corrected chi connectivity index (χ4v) is 3.66. The smallest absolute Gasteiger partial charge is 0.192 e. The SMILES string of the molecule is C=CCn1c(SC(C)c2c(F)cccc2F)nnc1-c1ccccc1F. The van der Waals surface area contributed by atoms with Crippen LogP contribution in [0.3, 0.4) is 0 Å². The van der Waals surface area contributed by atoms with Gasteiger partial charge in [-0.05, 0) is 31.2 Å². The molecule has 0 aliphatic heterocycles. The molecule has 0 aliphatic carbocycles. The van der Waals surface area contributed by atoms with Crippen LogP contribution in [0.5, 0.6) is 0 Å². The molecule has 0 bridgehead atoms. The minimum Gasteiger partial charge on any atom is -0.298 e. The summed E-state index contributed by atoms with van der Waals surface area (Å²) < 4.78 is 43.8. The third kappa shape index (κ3) is 3.53. The van der Waals surface area contributed by atoms with Gasteiger partial charge in [0.1, 0.15) is 17.5 Å². The van der Waals surface area contributed by atoms with Crippen molar-refractivity contribution in [2.45, 2.75) is 23.9 Å². The highest BCUT2D eigenvalue weighted by molar-refractivity contribution is 7.99. The minimum absolute atomic E-state index is 0.0295. The molecule has 0 spiro atoms. The van der Waals surface area contributed by atoms with Gasteiger partial charge in [-0.3, -0.25) is 4.57 Å². The van der Waals surface area contributed by atoms with Crippen LogP contribution < -0.4 is 0 Å². The Bertz CT molecular complexity index is 919. The molecule has 0 saturated heterocycles. The van der Waals surface area contributed by atoms with Crippen LogP contribution in [0.2, 0.25) is 0 Å². The highest BCUT2D eigenvalue weighted by Gasteiger charge is 2.22. The number of hydrogen-bond donors (Lipinski definition) is 0. The van der Waals surface area contributed by atoms with Gasteiger partial charge in [-0.1, -0.05) is 36.0 Å². The minimum atomic E-state index is -0.617. The molecule has 7 heteroatoms. The lowest BCUT2D eigenvalue weighted by Crippen LogP contribution is -2.04.